The summed E-state index contributed by atoms with van der Waals surface area (Å²) in [7, 11) is 0. The number of hydrogen-bond acceptors (Lipinski definition) is 2. The number of nitrogens with one attached hydrogen (secondary N) is 1. The Bertz CT molecular complexity index is 955. The van der Waals surface area contributed by atoms with Crippen LogP contribution in [-0.4, -0.2) is 18.8 Å². The lowest BCUT2D eigenvalue weighted by Gasteiger charge is -2.19. The largest absolute Gasteiger partial charge is 0.573 e. The molecular weight excluding hydrogens is 417 g/mol. The molecule has 3 nitrogen and oxygen atoms in total. The van der Waals surface area contributed by atoms with E-state index in [-0.39, 0.29) is 29.7 Å². The molecule has 31 heavy (non-hydrogen) atoms. The fourth-order valence-electron chi connectivity index (χ4n) is 3.16. The summed E-state index contributed by atoms with van der Waals surface area (Å²) >= 11 is 0. The summed E-state index contributed by atoms with van der Waals surface area (Å²) in [5.41, 5.74) is 1.78. The lowest BCUT2D eigenvalue weighted by atomic mass is 9.88. The number of carbonyl (C=O) groups excluding carboxylic acids is 1. The highest BCUT2D eigenvalue weighted by atomic mass is 19.4. The van der Waals surface area contributed by atoms with E-state index in [1.54, 1.807) is 24.3 Å². The van der Waals surface area contributed by atoms with E-state index in [1.807, 2.05) is 0 Å². The van der Waals surface area contributed by atoms with Crippen LogP contribution in [0.2, 0.25) is 0 Å². The van der Waals surface area contributed by atoms with Crippen LogP contribution in [0.5, 0.6) is 5.75 Å². The third-order valence-electron chi connectivity index (χ3n) is 4.61. The van der Waals surface area contributed by atoms with Crippen LogP contribution in [0.1, 0.15) is 33.8 Å². The normalized spacial score (nSPS) is 11.4. The molecule has 3 aromatic rings. The molecule has 0 unspecified atom stereocenters. The van der Waals surface area contributed by atoms with Crippen LogP contribution in [0, 0.1) is 11.6 Å². The zero-order chi connectivity index (χ0) is 22.4. The van der Waals surface area contributed by atoms with Crippen molar-refractivity contribution in [2.75, 3.05) is 6.54 Å². The van der Waals surface area contributed by atoms with Crippen LogP contribution in [0.4, 0.5) is 22.0 Å². The summed E-state index contributed by atoms with van der Waals surface area (Å²) in [5.74, 6) is -1.86. The predicted molar refractivity (Wildman–Crippen MR) is 105 cm³/mol. The van der Waals surface area contributed by atoms with E-state index in [2.05, 4.69) is 10.1 Å². The number of hydrogen-bond donors (Lipinski definition) is 1. The second kappa shape index (κ2) is 9.59. The van der Waals surface area contributed by atoms with Gasteiger partial charge in [0.25, 0.3) is 5.91 Å². The highest BCUT2D eigenvalue weighted by molar-refractivity contribution is 5.94. The summed E-state index contributed by atoms with van der Waals surface area (Å²) in [5, 5.41) is 2.71. The van der Waals surface area contributed by atoms with Crippen molar-refractivity contribution in [3.8, 4) is 5.75 Å². The molecule has 0 spiro atoms. The Hall–Kier alpha value is -3.42. The number of rotatable bonds is 7. The molecule has 0 aromatic heterocycles. The van der Waals surface area contributed by atoms with Gasteiger partial charge in [0.05, 0.1) is 0 Å². The molecule has 0 fully saturated rings. The highest BCUT2D eigenvalue weighted by Crippen LogP contribution is 2.28. The Morgan fingerprint density at radius 2 is 1.29 bits per heavy atom. The number of benzene rings is 3. The van der Waals surface area contributed by atoms with Crippen LogP contribution in [0.15, 0.2) is 72.8 Å². The molecule has 3 aromatic carbocycles. The van der Waals surface area contributed by atoms with Crippen LogP contribution in [-0.2, 0) is 0 Å². The van der Waals surface area contributed by atoms with Crippen LogP contribution < -0.4 is 10.1 Å². The van der Waals surface area contributed by atoms with Gasteiger partial charge in [0, 0.05) is 18.0 Å². The topological polar surface area (TPSA) is 38.3 Å². The third kappa shape index (κ3) is 6.53. The van der Waals surface area contributed by atoms with Gasteiger partial charge in [-0.25, -0.2) is 8.78 Å². The molecule has 162 valence electrons. The minimum Gasteiger partial charge on any atom is -0.406 e. The molecule has 0 aliphatic heterocycles. The van der Waals surface area contributed by atoms with E-state index >= 15 is 0 Å². The van der Waals surface area contributed by atoms with E-state index in [4.69, 9.17) is 0 Å². The van der Waals surface area contributed by atoms with Crippen molar-refractivity contribution in [3.63, 3.8) is 0 Å². The predicted octanol–water partition coefficient (Wildman–Crippen LogP) is 5.82. The SMILES string of the molecule is O=C(NCCC(c1ccc(F)cc1)c1ccc(F)cc1)c1ccc(OC(F)(F)F)cc1. The Morgan fingerprint density at radius 1 is 0.806 bits per heavy atom. The first-order valence-corrected chi connectivity index (χ1v) is 9.36. The Balaban J connectivity index is 1.65. The molecule has 0 heterocycles. The van der Waals surface area contributed by atoms with Crippen molar-refractivity contribution in [2.24, 2.45) is 0 Å². The number of ether oxygens (including phenoxy) is 1. The second-order valence-corrected chi connectivity index (χ2v) is 6.77. The number of halogens is 5. The van der Waals surface area contributed by atoms with Crippen molar-refractivity contribution in [2.45, 2.75) is 18.7 Å². The minimum atomic E-state index is -4.81. The smallest absolute Gasteiger partial charge is 0.406 e. The summed E-state index contributed by atoms with van der Waals surface area (Å²) in [6.07, 6.45) is -4.36. The first kappa shape index (κ1) is 22.3. The summed E-state index contributed by atoms with van der Waals surface area (Å²) in [4.78, 5) is 12.3. The highest BCUT2D eigenvalue weighted by Gasteiger charge is 2.31. The first-order valence-electron chi connectivity index (χ1n) is 9.36. The average Bonchev–Trinajstić information content (AvgIpc) is 2.72. The molecule has 0 saturated carbocycles. The van der Waals surface area contributed by atoms with Crippen molar-refractivity contribution >= 4 is 5.91 Å². The Kier molecular flexibility index (Phi) is 6.89. The zero-order valence-corrected chi connectivity index (χ0v) is 16.1. The first-order chi connectivity index (χ1) is 14.7. The van der Waals surface area contributed by atoms with Gasteiger partial charge in [-0.1, -0.05) is 24.3 Å². The maximum Gasteiger partial charge on any atom is 0.573 e. The summed E-state index contributed by atoms with van der Waals surface area (Å²) in [6, 6.07) is 16.4. The van der Waals surface area contributed by atoms with Crippen molar-refractivity contribution in [1.29, 1.82) is 0 Å². The lowest BCUT2D eigenvalue weighted by molar-refractivity contribution is -0.274. The van der Waals surface area contributed by atoms with E-state index in [9.17, 15) is 26.7 Å². The third-order valence-corrected chi connectivity index (χ3v) is 4.61. The molecule has 3 rings (SSSR count). The number of alkyl halides is 3. The van der Waals surface area contributed by atoms with Crippen LogP contribution >= 0.6 is 0 Å². The molecule has 0 saturated heterocycles. The second-order valence-electron chi connectivity index (χ2n) is 6.77. The molecule has 0 atom stereocenters. The van der Waals surface area contributed by atoms with Gasteiger partial charge in [-0.2, -0.15) is 0 Å². The maximum absolute atomic E-state index is 13.3. The fourth-order valence-corrected chi connectivity index (χ4v) is 3.16. The van der Waals surface area contributed by atoms with Crippen LogP contribution in [0.3, 0.4) is 0 Å². The van der Waals surface area contributed by atoms with Gasteiger partial charge in [-0.05, 0) is 66.1 Å². The molecule has 1 amide bonds. The number of carbonyl (C=O) groups is 1. The molecule has 0 radical (unpaired) electrons. The maximum atomic E-state index is 13.3. The zero-order valence-electron chi connectivity index (χ0n) is 16.1. The van der Waals surface area contributed by atoms with Gasteiger partial charge in [-0.3, -0.25) is 4.79 Å². The molecule has 0 aliphatic carbocycles. The molecule has 1 N–H and O–H groups in total. The van der Waals surface area contributed by atoms with Gasteiger partial charge in [0.1, 0.15) is 17.4 Å². The van der Waals surface area contributed by atoms with Gasteiger partial charge in [0.2, 0.25) is 0 Å². The van der Waals surface area contributed by atoms with Gasteiger partial charge in [0.15, 0.2) is 0 Å². The average molecular weight is 435 g/mol. The summed E-state index contributed by atoms with van der Waals surface area (Å²) in [6.45, 7) is 0.235. The summed E-state index contributed by atoms with van der Waals surface area (Å²) < 4.78 is 67.0. The lowest BCUT2D eigenvalue weighted by Crippen LogP contribution is -2.26. The minimum absolute atomic E-state index is 0.176. The monoisotopic (exact) mass is 435 g/mol. The Labute approximate surface area is 175 Å². The molecule has 0 aliphatic rings. The molecule has 0 bridgehead atoms. The quantitative estimate of drug-likeness (QED) is 0.476. The van der Waals surface area contributed by atoms with E-state index < -0.39 is 18.0 Å². The van der Waals surface area contributed by atoms with Gasteiger partial charge >= 0.3 is 6.36 Å². The van der Waals surface area contributed by atoms with E-state index in [1.165, 1.54) is 36.4 Å². The molecular formula is C23H18F5NO2. The standard InChI is InChI=1S/C23H18F5NO2/c24-18-7-1-15(2-8-18)21(16-3-9-19(25)10-4-16)13-14-29-22(30)17-5-11-20(12-6-17)31-23(26,27)28/h1-12,21H,13-14H2,(H,29,30). The van der Waals surface area contributed by atoms with Crippen molar-refractivity contribution in [1.82, 2.24) is 5.32 Å². The van der Waals surface area contributed by atoms with Gasteiger partial charge in [-0.15, -0.1) is 13.2 Å². The van der Waals surface area contributed by atoms with E-state index in [0.29, 0.717) is 6.42 Å². The molecule has 8 heteroatoms. The number of amides is 1. The van der Waals surface area contributed by atoms with Crippen LogP contribution in [0.25, 0.3) is 0 Å². The van der Waals surface area contributed by atoms with Crippen molar-refractivity contribution < 1.29 is 31.5 Å². The fraction of sp³-hybridized carbons (Fsp3) is 0.174. The van der Waals surface area contributed by atoms with Crippen molar-refractivity contribution in [3.05, 3.63) is 101 Å². The van der Waals surface area contributed by atoms with E-state index in [0.717, 1.165) is 23.3 Å². The van der Waals surface area contributed by atoms with Gasteiger partial charge < -0.3 is 10.1 Å². The Morgan fingerprint density at radius 3 is 1.74 bits per heavy atom.